The van der Waals surface area contributed by atoms with Crippen LogP contribution in [0.25, 0.3) is 0 Å². The molecule has 156 valence electrons. The summed E-state index contributed by atoms with van der Waals surface area (Å²) in [5.74, 6) is 1.30. The van der Waals surface area contributed by atoms with Crippen LogP contribution in [0, 0.1) is 5.92 Å². The number of sulfone groups is 1. The average Bonchev–Trinajstić information content (AvgIpc) is 2.73. The van der Waals surface area contributed by atoms with E-state index in [-0.39, 0.29) is 16.4 Å². The second-order valence-corrected chi connectivity index (χ2v) is 9.60. The number of likely N-dealkylation sites (tertiary alicyclic amines) is 1. The first kappa shape index (κ1) is 21.4. The van der Waals surface area contributed by atoms with Crippen molar-refractivity contribution in [3.8, 4) is 5.75 Å². The predicted octanol–water partition coefficient (Wildman–Crippen LogP) is 3.97. The van der Waals surface area contributed by atoms with Gasteiger partial charge < -0.3 is 9.64 Å². The van der Waals surface area contributed by atoms with Crippen LogP contribution in [-0.4, -0.2) is 45.2 Å². The Balaban J connectivity index is 1.54. The van der Waals surface area contributed by atoms with Gasteiger partial charge in [-0.2, -0.15) is 0 Å². The number of amides is 1. The van der Waals surface area contributed by atoms with E-state index >= 15 is 0 Å². The second-order valence-electron chi connectivity index (χ2n) is 7.62. The third-order valence-electron chi connectivity index (χ3n) is 5.49. The van der Waals surface area contributed by atoms with Gasteiger partial charge in [0.15, 0.2) is 9.84 Å². The molecule has 2 aromatic carbocycles. The van der Waals surface area contributed by atoms with E-state index in [2.05, 4.69) is 12.1 Å². The van der Waals surface area contributed by atoms with Crippen LogP contribution in [0.5, 0.6) is 5.75 Å². The number of hydrogen-bond donors (Lipinski definition) is 0. The molecular weight excluding hydrogens is 386 g/mol. The number of hydrogen-bond acceptors (Lipinski definition) is 4. The molecule has 1 fully saturated rings. The molecule has 1 amide bonds. The maximum atomic E-state index is 12.9. The number of nitrogens with zero attached hydrogens (tertiary/aromatic N) is 1. The molecule has 1 saturated heterocycles. The van der Waals surface area contributed by atoms with Crippen molar-refractivity contribution >= 4 is 15.7 Å². The molecule has 5 nitrogen and oxygen atoms in total. The number of rotatable bonds is 7. The van der Waals surface area contributed by atoms with Crippen LogP contribution in [0.3, 0.4) is 0 Å². The SMILES string of the molecule is CCOc1ccc(CCC2CCN(C(=O)c3ccccc3S(C)(=O)=O)CC2)cc1. The van der Waals surface area contributed by atoms with Crippen LogP contribution >= 0.6 is 0 Å². The lowest BCUT2D eigenvalue weighted by Crippen LogP contribution is -2.39. The van der Waals surface area contributed by atoms with Gasteiger partial charge in [-0.05, 0) is 68.4 Å². The molecule has 1 aliphatic rings. The van der Waals surface area contributed by atoms with Gasteiger partial charge in [0, 0.05) is 19.3 Å². The van der Waals surface area contributed by atoms with Gasteiger partial charge in [0.1, 0.15) is 5.75 Å². The quantitative estimate of drug-likeness (QED) is 0.686. The van der Waals surface area contributed by atoms with E-state index in [1.807, 2.05) is 19.1 Å². The first-order valence-corrected chi connectivity index (χ1v) is 12.1. The summed E-state index contributed by atoms with van der Waals surface area (Å²) in [5.41, 5.74) is 1.58. The lowest BCUT2D eigenvalue weighted by Gasteiger charge is -2.32. The molecule has 1 aliphatic heterocycles. The predicted molar refractivity (Wildman–Crippen MR) is 114 cm³/mol. The van der Waals surface area contributed by atoms with Crippen molar-refractivity contribution in [2.45, 2.75) is 37.5 Å². The number of carbonyl (C=O) groups excluding carboxylic acids is 1. The van der Waals surface area contributed by atoms with E-state index in [1.54, 1.807) is 23.1 Å². The van der Waals surface area contributed by atoms with E-state index in [0.717, 1.165) is 37.7 Å². The zero-order chi connectivity index (χ0) is 20.9. The van der Waals surface area contributed by atoms with Gasteiger partial charge >= 0.3 is 0 Å². The summed E-state index contributed by atoms with van der Waals surface area (Å²) < 4.78 is 29.5. The van der Waals surface area contributed by atoms with Crippen LogP contribution in [0.4, 0.5) is 0 Å². The zero-order valence-electron chi connectivity index (χ0n) is 17.1. The summed E-state index contributed by atoms with van der Waals surface area (Å²) in [5, 5.41) is 0. The van der Waals surface area contributed by atoms with E-state index < -0.39 is 9.84 Å². The van der Waals surface area contributed by atoms with Gasteiger partial charge in [0.25, 0.3) is 5.91 Å². The van der Waals surface area contributed by atoms with Crippen LogP contribution in [0.1, 0.15) is 42.1 Å². The van der Waals surface area contributed by atoms with Crippen molar-refractivity contribution in [3.05, 3.63) is 59.7 Å². The molecule has 0 radical (unpaired) electrons. The molecule has 0 bridgehead atoms. The maximum absolute atomic E-state index is 12.9. The second kappa shape index (κ2) is 9.44. The van der Waals surface area contributed by atoms with Crippen molar-refractivity contribution in [2.24, 2.45) is 5.92 Å². The van der Waals surface area contributed by atoms with Crippen LogP contribution in [-0.2, 0) is 16.3 Å². The van der Waals surface area contributed by atoms with Gasteiger partial charge in [-0.3, -0.25) is 4.79 Å². The normalized spacial score (nSPS) is 15.3. The van der Waals surface area contributed by atoms with Gasteiger partial charge in [-0.1, -0.05) is 24.3 Å². The van der Waals surface area contributed by atoms with E-state index in [9.17, 15) is 13.2 Å². The summed E-state index contributed by atoms with van der Waals surface area (Å²) >= 11 is 0. The molecule has 3 rings (SSSR count). The largest absolute Gasteiger partial charge is 0.494 e. The van der Waals surface area contributed by atoms with Crippen molar-refractivity contribution in [1.29, 1.82) is 0 Å². The first-order chi connectivity index (χ1) is 13.9. The van der Waals surface area contributed by atoms with E-state index in [1.165, 1.54) is 11.6 Å². The molecule has 0 saturated carbocycles. The summed E-state index contributed by atoms with van der Waals surface area (Å²) in [6.45, 7) is 3.99. The summed E-state index contributed by atoms with van der Waals surface area (Å²) in [7, 11) is -3.43. The summed E-state index contributed by atoms with van der Waals surface area (Å²) in [4.78, 5) is 14.8. The Morgan fingerprint density at radius 1 is 1.07 bits per heavy atom. The summed E-state index contributed by atoms with van der Waals surface area (Å²) in [6, 6.07) is 14.7. The third kappa shape index (κ3) is 5.60. The fourth-order valence-corrected chi connectivity index (χ4v) is 4.73. The third-order valence-corrected chi connectivity index (χ3v) is 6.65. The Hall–Kier alpha value is -2.34. The van der Waals surface area contributed by atoms with Crippen molar-refractivity contribution in [3.63, 3.8) is 0 Å². The van der Waals surface area contributed by atoms with Gasteiger partial charge in [0.2, 0.25) is 0 Å². The topological polar surface area (TPSA) is 63.7 Å². The Bertz CT molecular complexity index is 930. The van der Waals surface area contributed by atoms with Crippen LogP contribution in [0.2, 0.25) is 0 Å². The molecule has 29 heavy (non-hydrogen) atoms. The molecular formula is C23H29NO4S. The lowest BCUT2D eigenvalue weighted by molar-refractivity contribution is 0.0683. The minimum Gasteiger partial charge on any atom is -0.494 e. The number of ether oxygens (including phenoxy) is 1. The summed E-state index contributed by atoms with van der Waals surface area (Å²) in [6.07, 6.45) is 5.15. The monoisotopic (exact) mass is 415 g/mol. The van der Waals surface area contributed by atoms with Crippen molar-refractivity contribution < 1.29 is 17.9 Å². The molecule has 1 heterocycles. The fourth-order valence-electron chi connectivity index (χ4n) is 3.85. The number of carbonyl (C=O) groups is 1. The maximum Gasteiger partial charge on any atom is 0.255 e. The fraction of sp³-hybridized carbons (Fsp3) is 0.435. The minimum atomic E-state index is -3.43. The van der Waals surface area contributed by atoms with E-state index in [4.69, 9.17) is 4.74 Å². The number of benzene rings is 2. The molecule has 0 unspecified atom stereocenters. The Morgan fingerprint density at radius 2 is 1.72 bits per heavy atom. The number of piperidine rings is 1. The highest BCUT2D eigenvalue weighted by atomic mass is 32.2. The highest BCUT2D eigenvalue weighted by molar-refractivity contribution is 7.90. The van der Waals surface area contributed by atoms with Crippen LogP contribution in [0.15, 0.2) is 53.4 Å². The van der Waals surface area contributed by atoms with Gasteiger partial charge in [-0.15, -0.1) is 0 Å². The molecule has 2 aromatic rings. The molecule has 0 spiro atoms. The average molecular weight is 416 g/mol. The lowest BCUT2D eigenvalue weighted by atomic mass is 9.90. The molecule has 0 aliphatic carbocycles. The molecule has 0 aromatic heterocycles. The Morgan fingerprint density at radius 3 is 2.34 bits per heavy atom. The molecule has 0 atom stereocenters. The standard InChI is InChI=1S/C23H29NO4S/c1-3-28-20-12-10-18(11-13-20)8-9-19-14-16-24(17-15-19)23(25)21-6-4-5-7-22(21)29(2,26)27/h4-7,10-13,19H,3,8-9,14-17H2,1-2H3. The zero-order valence-corrected chi connectivity index (χ0v) is 18.0. The van der Waals surface area contributed by atoms with Gasteiger partial charge in [-0.25, -0.2) is 8.42 Å². The Labute approximate surface area is 173 Å². The highest BCUT2D eigenvalue weighted by Crippen LogP contribution is 2.25. The Kier molecular flexibility index (Phi) is 6.96. The first-order valence-electron chi connectivity index (χ1n) is 10.2. The van der Waals surface area contributed by atoms with Crippen LogP contribution < -0.4 is 4.74 Å². The molecule has 6 heteroatoms. The molecule has 0 N–H and O–H groups in total. The van der Waals surface area contributed by atoms with E-state index in [0.29, 0.717) is 25.6 Å². The van der Waals surface area contributed by atoms with Crippen molar-refractivity contribution in [1.82, 2.24) is 4.90 Å². The smallest absolute Gasteiger partial charge is 0.255 e. The van der Waals surface area contributed by atoms with Gasteiger partial charge in [0.05, 0.1) is 17.1 Å². The number of aryl methyl sites for hydroxylation is 1. The minimum absolute atomic E-state index is 0.114. The highest BCUT2D eigenvalue weighted by Gasteiger charge is 2.26. The van der Waals surface area contributed by atoms with Crippen molar-refractivity contribution in [2.75, 3.05) is 26.0 Å².